The largest absolute Gasteiger partial charge is 0.359 e. The lowest BCUT2D eigenvalue weighted by atomic mass is 10.1. The highest BCUT2D eigenvalue weighted by Gasteiger charge is 2.16. The van der Waals surface area contributed by atoms with Gasteiger partial charge in [-0.1, -0.05) is 6.92 Å². The molecule has 0 bridgehead atoms. The average Bonchev–Trinajstić information content (AvgIpc) is 2.16. The summed E-state index contributed by atoms with van der Waals surface area (Å²) >= 11 is 0. The number of rotatable bonds is 5. The minimum Gasteiger partial charge on any atom is -0.359 e. The molecule has 0 aromatic heterocycles. The molecule has 0 aliphatic carbocycles. The predicted octanol–water partition coefficient (Wildman–Crippen LogP) is -0.954. The maximum Gasteiger partial charge on any atom is 0.236 e. The van der Waals surface area contributed by atoms with E-state index in [9.17, 15) is 9.59 Å². The molecule has 0 saturated carbocycles. The molecule has 82 valence electrons. The monoisotopic (exact) mass is 201 g/mol. The lowest BCUT2D eigenvalue weighted by Crippen LogP contribution is -2.40. The lowest BCUT2D eigenvalue weighted by molar-refractivity contribution is -0.131. The van der Waals surface area contributed by atoms with Gasteiger partial charge >= 0.3 is 0 Å². The quantitative estimate of drug-likeness (QED) is 0.602. The van der Waals surface area contributed by atoms with E-state index in [1.165, 1.54) is 0 Å². The summed E-state index contributed by atoms with van der Waals surface area (Å²) in [4.78, 5) is 24.0. The number of carbonyl (C=O) groups is 2. The van der Waals surface area contributed by atoms with E-state index in [0.717, 1.165) is 0 Å². The molecule has 0 aromatic rings. The molecule has 0 spiro atoms. The highest BCUT2D eigenvalue weighted by atomic mass is 16.2. The standard InChI is InChI=1S/C9H19N3O2/c1-7(9(14)11-3)6-12(4)8(13)5-10-2/h7,10H,5-6H2,1-4H3,(H,11,14). The van der Waals surface area contributed by atoms with Crippen LogP contribution >= 0.6 is 0 Å². The first-order valence-electron chi connectivity index (χ1n) is 4.63. The van der Waals surface area contributed by atoms with Crippen LogP contribution in [-0.2, 0) is 9.59 Å². The second-order valence-electron chi connectivity index (χ2n) is 3.32. The molecule has 1 unspecified atom stereocenters. The predicted molar refractivity (Wildman–Crippen MR) is 54.8 cm³/mol. The molecule has 2 amide bonds. The molecule has 0 aliphatic rings. The summed E-state index contributed by atoms with van der Waals surface area (Å²) in [6, 6.07) is 0. The number of likely N-dealkylation sites (N-methyl/N-ethyl adjacent to an activating group) is 2. The lowest BCUT2D eigenvalue weighted by Gasteiger charge is -2.20. The molecule has 0 heterocycles. The van der Waals surface area contributed by atoms with Gasteiger partial charge in [-0.05, 0) is 7.05 Å². The summed E-state index contributed by atoms with van der Waals surface area (Å²) in [6.07, 6.45) is 0. The molecule has 0 aromatic carbocycles. The summed E-state index contributed by atoms with van der Waals surface area (Å²) in [7, 11) is 5.00. The van der Waals surface area contributed by atoms with Crippen molar-refractivity contribution in [1.29, 1.82) is 0 Å². The minimum absolute atomic E-state index is 0.0109. The third kappa shape index (κ3) is 4.23. The van der Waals surface area contributed by atoms with Gasteiger partial charge in [-0.2, -0.15) is 0 Å². The van der Waals surface area contributed by atoms with E-state index in [4.69, 9.17) is 0 Å². The average molecular weight is 201 g/mol. The molecule has 0 rings (SSSR count). The summed E-state index contributed by atoms with van der Waals surface area (Å²) in [5.74, 6) is -0.233. The van der Waals surface area contributed by atoms with E-state index in [2.05, 4.69) is 10.6 Å². The molecule has 1 atom stereocenters. The van der Waals surface area contributed by atoms with Crippen LogP contribution in [-0.4, -0.2) is 50.9 Å². The third-order valence-electron chi connectivity index (χ3n) is 2.00. The zero-order chi connectivity index (χ0) is 11.1. The van der Waals surface area contributed by atoms with Gasteiger partial charge in [-0.3, -0.25) is 9.59 Å². The van der Waals surface area contributed by atoms with Gasteiger partial charge < -0.3 is 15.5 Å². The van der Waals surface area contributed by atoms with E-state index in [1.807, 2.05) is 0 Å². The Kier molecular flexibility index (Phi) is 5.87. The maximum absolute atomic E-state index is 11.3. The molecule has 0 fully saturated rings. The molecule has 5 nitrogen and oxygen atoms in total. The van der Waals surface area contributed by atoms with Crippen molar-refractivity contribution in [1.82, 2.24) is 15.5 Å². The van der Waals surface area contributed by atoms with Gasteiger partial charge in [0.25, 0.3) is 0 Å². The Balaban J connectivity index is 3.98. The Morgan fingerprint density at radius 2 is 1.93 bits per heavy atom. The number of amides is 2. The zero-order valence-electron chi connectivity index (χ0n) is 9.26. The van der Waals surface area contributed by atoms with Gasteiger partial charge in [0.2, 0.25) is 11.8 Å². The van der Waals surface area contributed by atoms with Crippen LogP contribution < -0.4 is 10.6 Å². The van der Waals surface area contributed by atoms with Gasteiger partial charge in [-0.15, -0.1) is 0 Å². The van der Waals surface area contributed by atoms with Crippen LogP contribution in [0.4, 0.5) is 0 Å². The number of nitrogens with zero attached hydrogens (tertiary/aromatic N) is 1. The van der Waals surface area contributed by atoms with Crippen LogP contribution in [0.5, 0.6) is 0 Å². The molecule has 2 N–H and O–H groups in total. The Hall–Kier alpha value is -1.10. The molecule has 0 aliphatic heterocycles. The van der Waals surface area contributed by atoms with Gasteiger partial charge in [0.1, 0.15) is 0 Å². The van der Waals surface area contributed by atoms with Crippen molar-refractivity contribution >= 4 is 11.8 Å². The highest BCUT2D eigenvalue weighted by Crippen LogP contribution is 1.97. The van der Waals surface area contributed by atoms with Crippen LogP contribution in [0, 0.1) is 5.92 Å². The Bertz CT molecular complexity index is 206. The topological polar surface area (TPSA) is 61.4 Å². The minimum atomic E-state index is -0.175. The van der Waals surface area contributed by atoms with E-state index < -0.39 is 0 Å². The molecular formula is C9H19N3O2. The van der Waals surface area contributed by atoms with Crippen molar-refractivity contribution in [3.05, 3.63) is 0 Å². The van der Waals surface area contributed by atoms with Crippen LogP contribution in [0.3, 0.4) is 0 Å². The molecule has 0 saturated heterocycles. The second-order valence-corrected chi connectivity index (χ2v) is 3.32. The van der Waals surface area contributed by atoms with Crippen molar-refractivity contribution in [3.8, 4) is 0 Å². The van der Waals surface area contributed by atoms with Crippen molar-refractivity contribution in [2.24, 2.45) is 5.92 Å². The van der Waals surface area contributed by atoms with Crippen molar-refractivity contribution < 1.29 is 9.59 Å². The van der Waals surface area contributed by atoms with Crippen LogP contribution in [0.2, 0.25) is 0 Å². The van der Waals surface area contributed by atoms with E-state index in [1.54, 1.807) is 33.0 Å². The first kappa shape index (κ1) is 12.9. The van der Waals surface area contributed by atoms with Crippen LogP contribution in [0.25, 0.3) is 0 Å². The van der Waals surface area contributed by atoms with Gasteiger partial charge in [0.05, 0.1) is 12.5 Å². The first-order chi connectivity index (χ1) is 6.52. The van der Waals surface area contributed by atoms with Crippen molar-refractivity contribution in [2.75, 3.05) is 34.2 Å². The van der Waals surface area contributed by atoms with Gasteiger partial charge in [-0.25, -0.2) is 0 Å². The number of nitrogens with one attached hydrogen (secondary N) is 2. The fraction of sp³-hybridized carbons (Fsp3) is 0.778. The number of hydrogen-bond donors (Lipinski definition) is 2. The Morgan fingerprint density at radius 3 is 2.36 bits per heavy atom. The fourth-order valence-corrected chi connectivity index (χ4v) is 1.13. The van der Waals surface area contributed by atoms with E-state index in [-0.39, 0.29) is 17.7 Å². The van der Waals surface area contributed by atoms with Crippen molar-refractivity contribution in [3.63, 3.8) is 0 Å². The molecular weight excluding hydrogens is 182 g/mol. The SMILES string of the molecule is CNCC(=O)N(C)CC(C)C(=O)NC. The van der Waals surface area contributed by atoms with E-state index in [0.29, 0.717) is 13.1 Å². The summed E-state index contributed by atoms with van der Waals surface area (Å²) in [5.41, 5.74) is 0. The smallest absolute Gasteiger partial charge is 0.236 e. The highest BCUT2D eigenvalue weighted by molar-refractivity contribution is 5.81. The molecule has 14 heavy (non-hydrogen) atoms. The Morgan fingerprint density at radius 1 is 1.36 bits per heavy atom. The van der Waals surface area contributed by atoms with E-state index >= 15 is 0 Å². The third-order valence-corrected chi connectivity index (χ3v) is 2.00. The maximum atomic E-state index is 11.3. The molecule has 0 radical (unpaired) electrons. The normalized spacial score (nSPS) is 12.0. The number of hydrogen-bond acceptors (Lipinski definition) is 3. The van der Waals surface area contributed by atoms with Crippen LogP contribution in [0.1, 0.15) is 6.92 Å². The van der Waals surface area contributed by atoms with Gasteiger partial charge in [0, 0.05) is 20.6 Å². The fourth-order valence-electron chi connectivity index (χ4n) is 1.13. The zero-order valence-corrected chi connectivity index (χ0v) is 9.26. The first-order valence-corrected chi connectivity index (χ1v) is 4.63. The summed E-state index contributed by atoms with van der Waals surface area (Å²) < 4.78 is 0. The summed E-state index contributed by atoms with van der Waals surface area (Å²) in [5, 5.41) is 5.32. The van der Waals surface area contributed by atoms with Crippen LogP contribution in [0.15, 0.2) is 0 Å². The number of carbonyl (C=O) groups excluding carboxylic acids is 2. The summed E-state index contributed by atoms with van der Waals surface area (Å²) in [6.45, 7) is 2.54. The second kappa shape index (κ2) is 6.37. The van der Waals surface area contributed by atoms with Crippen molar-refractivity contribution in [2.45, 2.75) is 6.92 Å². The Labute approximate surface area is 84.8 Å². The van der Waals surface area contributed by atoms with Gasteiger partial charge in [0.15, 0.2) is 0 Å². The molecule has 5 heteroatoms.